The van der Waals surface area contributed by atoms with E-state index in [1.807, 2.05) is 6.92 Å². The number of hydrogen-bond donors (Lipinski definition) is 2. The molecular formula is C14H19N3O2S. The van der Waals surface area contributed by atoms with Crippen molar-refractivity contribution in [2.45, 2.75) is 13.0 Å². The molecule has 1 aliphatic rings. The Kier molecular flexibility index (Phi) is 5.05. The van der Waals surface area contributed by atoms with E-state index in [1.54, 1.807) is 24.3 Å². The van der Waals surface area contributed by atoms with Crippen LogP contribution in [0.3, 0.4) is 0 Å². The number of carbonyl (C=O) groups is 1. The number of morpholine rings is 1. The molecule has 3 N–H and O–H groups in total. The molecule has 0 saturated carbocycles. The number of benzene rings is 1. The van der Waals surface area contributed by atoms with Crippen LogP contribution in [0.25, 0.3) is 0 Å². The zero-order valence-corrected chi connectivity index (χ0v) is 12.3. The summed E-state index contributed by atoms with van der Waals surface area (Å²) in [4.78, 5) is 14.7. The van der Waals surface area contributed by atoms with Crippen molar-refractivity contribution in [1.82, 2.24) is 4.90 Å². The molecule has 1 amide bonds. The summed E-state index contributed by atoms with van der Waals surface area (Å²) in [6, 6.07) is 7.04. The Morgan fingerprint density at radius 2 is 1.95 bits per heavy atom. The maximum absolute atomic E-state index is 12.2. The summed E-state index contributed by atoms with van der Waals surface area (Å²) in [5.74, 6) is -0.0185. The fourth-order valence-corrected chi connectivity index (χ4v) is 2.23. The number of anilines is 1. The molecule has 0 radical (unpaired) electrons. The van der Waals surface area contributed by atoms with Gasteiger partial charge in [0.15, 0.2) is 0 Å². The zero-order chi connectivity index (χ0) is 14.5. The number of nitrogens with one attached hydrogen (secondary N) is 1. The van der Waals surface area contributed by atoms with Crippen molar-refractivity contribution in [1.29, 1.82) is 0 Å². The molecule has 1 fully saturated rings. The van der Waals surface area contributed by atoms with Crippen molar-refractivity contribution < 1.29 is 9.53 Å². The van der Waals surface area contributed by atoms with E-state index in [2.05, 4.69) is 10.2 Å². The van der Waals surface area contributed by atoms with Gasteiger partial charge >= 0.3 is 0 Å². The van der Waals surface area contributed by atoms with E-state index in [1.165, 1.54) is 0 Å². The average Bonchev–Trinajstić information content (AvgIpc) is 2.48. The SMILES string of the molecule is CC(C(=O)Nc1ccc(C(N)=S)cc1)N1CCOCC1. The first-order valence-electron chi connectivity index (χ1n) is 6.60. The highest BCUT2D eigenvalue weighted by Gasteiger charge is 2.23. The summed E-state index contributed by atoms with van der Waals surface area (Å²) in [6.45, 7) is 4.84. The second-order valence-electron chi connectivity index (χ2n) is 4.76. The highest BCUT2D eigenvalue weighted by molar-refractivity contribution is 7.80. The van der Waals surface area contributed by atoms with Gasteiger partial charge in [-0.1, -0.05) is 12.2 Å². The lowest BCUT2D eigenvalue weighted by atomic mass is 10.2. The second kappa shape index (κ2) is 6.78. The molecule has 6 heteroatoms. The number of rotatable bonds is 4. The Bertz CT molecular complexity index is 484. The number of ether oxygens (including phenoxy) is 1. The summed E-state index contributed by atoms with van der Waals surface area (Å²) in [6.07, 6.45) is 0. The van der Waals surface area contributed by atoms with Crippen LogP contribution in [-0.2, 0) is 9.53 Å². The van der Waals surface area contributed by atoms with Crippen LogP contribution in [0.5, 0.6) is 0 Å². The van der Waals surface area contributed by atoms with E-state index in [0.29, 0.717) is 18.2 Å². The number of nitrogens with zero attached hydrogens (tertiary/aromatic N) is 1. The molecule has 0 spiro atoms. The molecule has 1 heterocycles. The summed E-state index contributed by atoms with van der Waals surface area (Å²) in [7, 11) is 0. The predicted molar refractivity (Wildman–Crippen MR) is 82.8 cm³/mol. The number of thiocarbonyl (C=S) groups is 1. The van der Waals surface area contributed by atoms with Crippen molar-refractivity contribution in [3.8, 4) is 0 Å². The first-order chi connectivity index (χ1) is 9.58. The molecule has 5 nitrogen and oxygen atoms in total. The van der Waals surface area contributed by atoms with Crippen molar-refractivity contribution in [2.24, 2.45) is 5.73 Å². The van der Waals surface area contributed by atoms with Gasteiger partial charge in [-0.3, -0.25) is 9.69 Å². The maximum atomic E-state index is 12.2. The lowest BCUT2D eigenvalue weighted by molar-refractivity contribution is -0.122. The number of amides is 1. The molecular weight excluding hydrogens is 274 g/mol. The van der Waals surface area contributed by atoms with Gasteiger partial charge < -0.3 is 15.8 Å². The van der Waals surface area contributed by atoms with Crippen molar-refractivity contribution in [2.75, 3.05) is 31.6 Å². The van der Waals surface area contributed by atoms with Crippen LogP contribution in [0, 0.1) is 0 Å². The minimum Gasteiger partial charge on any atom is -0.389 e. The average molecular weight is 293 g/mol. The Morgan fingerprint density at radius 3 is 2.50 bits per heavy atom. The van der Waals surface area contributed by atoms with Gasteiger partial charge in [0.25, 0.3) is 0 Å². The number of carbonyl (C=O) groups excluding carboxylic acids is 1. The Morgan fingerprint density at radius 1 is 1.35 bits per heavy atom. The second-order valence-corrected chi connectivity index (χ2v) is 5.19. The number of nitrogens with two attached hydrogens (primary N) is 1. The van der Waals surface area contributed by atoms with Gasteiger partial charge in [0.1, 0.15) is 4.99 Å². The first kappa shape index (κ1) is 14.9. The lowest BCUT2D eigenvalue weighted by Gasteiger charge is -2.31. The minimum atomic E-state index is -0.172. The highest BCUT2D eigenvalue weighted by Crippen LogP contribution is 2.12. The van der Waals surface area contributed by atoms with Gasteiger partial charge in [0.2, 0.25) is 5.91 Å². The number of hydrogen-bond acceptors (Lipinski definition) is 4. The third-order valence-corrected chi connectivity index (χ3v) is 3.65. The summed E-state index contributed by atoms with van der Waals surface area (Å²) < 4.78 is 5.29. The van der Waals surface area contributed by atoms with Crippen LogP contribution >= 0.6 is 12.2 Å². The van der Waals surface area contributed by atoms with Gasteiger partial charge in [-0.15, -0.1) is 0 Å². The summed E-state index contributed by atoms with van der Waals surface area (Å²) >= 11 is 4.89. The maximum Gasteiger partial charge on any atom is 0.241 e. The van der Waals surface area contributed by atoms with Gasteiger partial charge in [-0.25, -0.2) is 0 Å². The Balaban J connectivity index is 1.94. The van der Waals surface area contributed by atoms with Crippen LogP contribution < -0.4 is 11.1 Å². The molecule has 1 aromatic rings. The molecule has 20 heavy (non-hydrogen) atoms. The molecule has 0 bridgehead atoms. The first-order valence-corrected chi connectivity index (χ1v) is 7.01. The molecule has 1 saturated heterocycles. The van der Waals surface area contributed by atoms with E-state index < -0.39 is 0 Å². The lowest BCUT2D eigenvalue weighted by Crippen LogP contribution is -2.47. The van der Waals surface area contributed by atoms with Crippen LogP contribution in [0.15, 0.2) is 24.3 Å². The largest absolute Gasteiger partial charge is 0.389 e. The van der Waals surface area contributed by atoms with Gasteiger partial charge in [-0.2, -0.15) is 0 Å². The fraction of sp³-hybridized carbons (Fsp3) is 0.429. The van der Waals surface area contributed by atoms with Crippen molar-refractivity contribution in [3.05, 3.63) is 29.8 Å². The quantitative estimate of drug-likeness (QED) is 0.810. The molecule has 108 valence electrons. The van der Waals surface area contributed by atoms with Crippen LogP contribution in [0.1, 0.15) is 12.5 Å². The molecule has 0 aromatic heterocycles. The van der Waals surface area contributed by atoms with Gasteiger partial charge in [0.05, 0.1) is 19.3 Å². The van der Waals surface area contributed by atoms with Crippen molar-refractivity contribution in [3.63, 3.8) is 0 Å². The predicted octanol–water partition coefficient (Wildman–Crippen LogP) is 0.980. The highest BCUT2D eigenvalue weighted by atomic mass is 32.1. The molecule has 1 aliphatic heterocycles. The Labute approximate surface area is 124 Å². The van der Waals surface area contributed by atoms with E-state index in [9.17, 15) is 4.79 Å². The van der Waals surface area contributed by atoms with Crippen molar-refractivity contribution >= 4 is 28.8 Å². The van der Waals surface area contributed by atoms with Crippen LogP contribution in [0.4, 0.5) is 5.69 Å². The van der Waals surface area contributed by atoms with E-state index in [4.69, 9.17) is 22.7 Å². The normalized spacial score (nSPS) is 17.4. The van der Waals surface area contributed by atoms with E-state index in [0.717, 1.165) is 24.3 Å². The zero-order valence-electron chi connectivity index (χ0n) is 11.5. The monoisotopic (exact) mass is 293 g/mol. The third kappa shape index (κ3) is 3.75. The minimum absolute atomic E-state index is 0.0185. The standard InChI is InChI=1S/C14H19N3O2S/c1-10(17-6-8-19-9-7-17)14(18)16-12-4-2-11(3-5-12)13(15)20/h2-5,10H,6-9H2,1H3,(H2,15,20)(H,16,18). The molecule has 0 aliphatic carbocycles. The molecule has 2 rings (SSSR count). The third-order valence-electron chi connectivity index (χ3n) is 3.41. The smallest absolute Gasteiger partial charge is 0.241 e. The van der Waals surface area contributed by atoms with E-state index in [-0.39, 0.29) is 11.9 Å². The van der Waals surface area contributed by atoms with Gasteiger partial charge in [0, 0.05) is 24.3 Å². The Hall–Kier alpha value is -1.50. The van der Waals surface area contributed by atoms with Gasteiger partial charge in [-0.05, 0) is 31.2 Å². The topological polar surface area (TPSA) is 67.6 Å². The van der Waals surface area contributed by atoms with Crippen LogP contribution in [-0.4, -0.2) is 48.1 Å². The fourth-order valence-electron chi connectivity index (χ4n) is 2.10. The summed E-state index contributed by atoms with van der Waals surface area (Å²) in [5, 5.41) is 2.90. The van der Waals surface area contributed by atoms with Crippen LogP contribution in [0.2, 0.25) is 0 Å². The summed E-state index contributed by atoms with van der Waals surface area (Å²) in [5.41, 5.74) is 7.07. The van der Waals surface area contributed by atoms with E-state index >= 15 is 0 Å². The molecule has 1 aromatic carbocycles. The molecule has 1 atom stereocenters. The molecule has 1 unspecified atom stereocenters.